The minimum atomic E-state index is -0.490. The van der Waals surface area contributed by atoms with Gasteiger partial charge in [0.1, 0.15) is 11.5 Å². The molecule has 1 heterocycles. The van der Waals surface area contributed by atoms with Gasteiger partial charge in [-0.05, 0) is 24.3 Å². The predicted octanol–water partition coefficient (Wildman–Crippen LogP) is 4.76. The van der Waals surface area contributed by atoms with Gasteiger partial charge in [-0.3, -0.25) is 15.1 Å². The van der Waals surface area contributed by atoms with Crippen molar-refractivity contribution in [3.8, 4) is 11.5 Å². The number of hydrogen-bond donors (Lipinski definition) is 2. The van der Waals surface area contributed by atoms with Crippen molar-refractivity contribution < 1.29 is 15.1 Å². The first kappa shape index (κ1) is 19.2. The fourth-order valence-corrected chi connectivity index (χ4v) is 3.44. The summed E-state index contributed by atoms with van der Waals surface area (Å²) < 4.78 is 0. The molecule has 0 amide bonds. The van der Waals surface area contributed by atoms with Gasteiger partial charge in [0.25, 0.3) is 5.69 Å². The molecule has 7 nitrogen and oxygen atoms in total. The number of nitro benzene ring substituents is 1. The third kappa shape index (κ3) is 3.86. The molecule has 0 spiro atoms. The van der Waals surface area contributed by atoms with Gasteiger partial charge in [-0.25, -0.2) is 0 Å². The molecule has 0 aliphatic carbocycles. The maximum absolute atomic E-state index is 11.2. The number of aromatic hydroxyl groups is 2. The van der Waals surface area contributed by atoms with E-state index in [1.165, 1.54) is 18.2 Å². The molecule has 2 N–H and O–H groups in total. The van der Waals surface area contributed by atoms with Crippen LogP contribution in [0.3, 0.4) is 0 Å². The molecule has 1 aromatic heterocycles. The van der Waals surface area contributed by atoms with Gasteiger partial charge in [0, 0.05) is 47.9 Å². The smallest absolute Gasteiger partial charge is 0.270 e. The minimum Gasteiger partial charge on any atom is -0.508 e. The second-order valence-corrected chi connectivity index (χ2v) is 6.91. The number of fused-ring (bicyclic) bond motifs is 1. The Kier molecular flexibility index (Phi) is 5.17. The molecule has 7 heteroatoms. The molecule has 4 aromatic rings. The van der Waals surface area contributed by atoms with Gasteiger partial charge in [0.15, 0.2) is 0 Å². The lowest BCUT2D eigenvalue weighted by Gasteiger charge is -2.26. The number of phenolic OH excluding ortho intramolecular Hbond substituents is 2. The van der Waals surface area contributed by atoms with Crippen LogP contribution in [0, 0.1) is 10.1 Å². The molecule has 0 unspecified atom stereocenters. The Labute approximate surface area is 172 Å². The molecular formula is C23H19N3O4. The second-order valence-electron chi connectivity index (χ2n) is 6.91. The van der Waals surface area contributed by atoms with Gasteiger partial charge in [0.2, 0.25) is 0 Å². The quantitative estimate of drug-likeness (QED) is 0.357. The first-order valence-electron chi connectivity index (χ1n) is 9.35. The van der Waals surface area contributed by atoms with Crippen molar-refractivity contribution in [2.45, 2.75) is 13.1 Å². The molecule has 0 atom stereocenters. The van der Waals surface area contributed by atoms with Crippen LogP contribution in [0.1, 0.15) is 11.1 Å². The summed E-state index contributed by atoms with van der Waals surface area (Å²) in [5, 5.41) is 32.8. The van der Waals surface area contributed by atoms with E-state index in [0.29, 0.717) is 17.7 Å². The van der Waals surface area contributed by atoms with Crippen LogP contribution in [0.15, 0.2) is 79.0 Å². The standard InChI is InChI=1S/C23H19N3O4/c27-21-9-2-1-5-17(21)14-25(15-18-13-19(26(29)30)10-11-22(18)28)20-8-3-6-16-7-4-12-24-23(16)20/h1-13,27-28H,14-15H2. The second kappa shape index (κ2) is 8.08. The number of para-hydroxylation sites is 2. The summed E-state index contributed by atoms with van der Waals surface area (Å²) in [4.78, 5) is 17.1. The molecule has 3 aromatic carbocycles. The van der Waals surface area contributed by atoms with Crippen LogP contribution in [-0.4, -0.2) is 20.1 Å². The highest BCUT2D eigenvalue weighted by atomic mass is 16.6. The van der Waals surface area contributed by atoms with Crippen LogP contribution in [0.5, 0.6) is 11.5 Å². The highest BCUT2D eigenvalue weighted by molar-refractivity contribution is 5.90. The third-order valence-corrected chi connectivity index (χ3v) is 4.94. The first-order chi connectivity index (χ1) is 14.5. The maximum Gasteiger partial charge on any atom is 0.270 e. The lowest BCUT2D eigenvalue weighted by Crippen LogP contribution is -2.22. The fourth-order valence-electron chi connectivity index (χ4n) is 3.44. The van der Waals surface area contributed by atoms with Crippen molar-refractivity contribution in [2.75, 3.05) is 4.90 Å². The van der Waals surface area contributed by atoms with E-state index in [1.807, 2.05) is 47.4 Å². The Hall–Kier alpha value is -4.13. The Balaban J connectivity index is 1.81. The van der Waals surface area contributed by atoms with E-state index < -0.39 is 4.92 Å². The summed E-state index contributed by atoms with van der Waals surface area (Å²) in [6, 6.07) is 20.5. The van der Waals surface area contributed by atoms with E-state index in [2.05, 4.69) is 4.98 Å². The van der Waals surface area contributed by atoms with Gasteiger partial charge in [-0.2, -0.15) is 0 Å². The van der Waals surface area contributed by atoms with Gasteiger partial charge < -0.3 is 15.1 Å². The SMILES string of the molecule is O=[N+]([O-])c1ccc(O)c(CN(Cc2ccccc2O)c2cccc3cccnc23)c1. The number of aromatic nitrogens is 1. The number of nitro groups is 1. The Morgan fingerprint density at radius 3 is 2.40 bits per heavy atom. The molecule has 0 fully saturated rings. The van der Waals surface area contributed by atoms with E-state index in [1.54, 1.807) is 18.3 Å². The van der Waals surface area contributed by atoms with E-state index in [0.717, 1.165) is 16.6 Å². The zero-order valence-electron chi connectivity index (χ0n) is 16.0. The summed E-state index contributed by atoms with van der Waals surface area (Å²) in [5.41, 5.74) is 2.56. The summed E-state index contributed by atoms with van der Waals surface area (Å²) >= 11 is 0. The third-order valence-electron chi connectivity index (χ3n) is 4.94. The van der Waals surface area contributed by atoms with E-state index >= 15 is 0 Å². The Morgan fingerprint density at radius 2 is 1.60 bits per heavy atom. The molecule has 0 saturated carbocycles. The fraction of sp³-hybridized carbons (Fsp3) is 0.0870. The number of phenols is 2. The van der Waals surface area contributed by atoms with Crippen LogP contribution in [0.4, 0.5) is 11.4 Å². The van der Waals surface area contributed by atoms with Crippen LogP contribution in [0.2, 0.25) is 0 Å². The molecule has 4 rings (SSSR count). The topological polar surface area (TPSA) is 99.7 Å². The number of nitrogens with zero attached hydrogens (tertiary/aromatic N) is 3. The Morgan fingerprint density at radius 1 is 0.867 bits per heavy atom. The number of pyridine rings is 1. The molecule has 0 bridgehead atoms. The van der Waals surface area contributed by atoms with E-state index in [-0.39, 0.29) is 23.7 Å². The molecule has 30 heavy (non-hydrogen) atoms. The largest absolute Gasteiger partial charge is 0.508 e. The summed E-state index contributed by atoms with van der Waals surface area (Å²) in [6.45, 7) is 0.516. The summed E-state index contributed by atoms with van der Waals surface area (Å²) in [5.74, 6) is 0.120. The minimum absolute atomic E-state index is 0.0314. The van der Waals surface area contributed by atoms with Crippen molar-refractivity contribution in [3.05, 3.63) is 100 Å². The zero-order chi connectivity index (χ0) is 21.1. The van der Waals surface area contributed by atoms with Gasteiger partial charge >= 0.3 is 0 Å². The van der Waals surface area contributed by atoms with Gasteiger partial charge in [0.05, 0.1) is 16.1 Å². The molecule has 0 aliphatic rings. The van der Waals surface area contributed by atoms with Crippen LogP contribution >= 0.6 is 0 Å². The van der Waals surface area contributed by atoms with Crippen molar-refractivity contribution in [2.24, 2.45) is 0 Å². The van der Waals surface area contributed by atoms with E-state index in [4.69, 9.17) is 0 Å². The van der Waals surface area contributed by atoms with Crippen LogP contribution in [-0.2, 0) is 13.1 Å². The summed E-state index contributed by atoms with van der Waals surface area (Å²) in [6.07, 6.45) is 1.70. The molecule has 0 radical (unpaired) electrons. The lowest BCUT2D eigenvalue weighted by molar-refractivity contribution is -0.384. The van der Waals surface area contributed by atoms with Gasteiger partial charge in [-0.15, -0.1) is 0 Å². The maximum atomic E-state index is 11.2. The predicted molar refractivity (Wildman–Crippen MR) is 114 cm³/mol. The molecule has 0 saturated heterocycles. The zero-order valence-corrected chi connectivity index (χ0v) is 16.0. The normalized spacial score (nSPS) is 10.8. The van der Waals surface area contributed by atoms with E-state index in [9.17, 15) is 20.3 Å². The first-order valence-corrected chi connectivity index (χ1v) is 9.35. The number of hydrogen-bond acceptors (Lipinski definition) is 6. The van der Waals surface area contributed by atoms with Crippen molar-refractivity contribution >= 4 is 22.3 Å². The van der Waals surface area contributed by atoms with Crippen molar-refractivity contribution in [1.29, 1.82) is 0 Å². The van der Waals surface area contributed by atoms with Crippen molar-refractivity contribution in [1.82, 2.24) is 4.98 Å². The Bertz CT molecular complexity index is 1220. The highest BCUT2D eigenvalue weighted by Gasteiger charge is 2.18. The number of anilines is 1. The van der Waals surface area contributed by atoms with Crippen LogP contribution in [0.25, 0.3) is 10.9 Å². The van der Waals surface area contributed by atoms with Crippen molar-refractivity contribution in [3.63, 3.8) is 0 Å². The number of non-ortho nitro benzene ring substituents is 1. The molecule has 0 aliphatic heterocycles. The lowest BCUT2D eigenvalue weighted by atomic mass is 10.1. The van der Waals surface area contributed by atoms with Gasteiger partial charge in [-0.1, -0.05) is 36.4 Å². The highest BCUT2D eigenvalue weighted by Crippen LogP contribution is 2.32. The molecule has 150 valence electrons. The average Bonchev–Trinajstić information content (AvgIpc) is 2.75. The average molecular weight is 401 g/mol. The summed E-state index contributed by atoms with van der Waals surface area (Å²) in [7, 11) is 0. The number of benzene rings is 3. The monoisotopic (exact) mass is 401 g/mol. The van der Waals surface area contributed by atoms with Crippen LogP contribution < -0.4 is 4.90 Å². The molecular weight excluding hydrogens is 382 g/mol. The number of rotatable bonds is 6.